The Balaban J connectivity index is 2.09. The molecule has 0 radical (unpaired) electrons. The molecule has 0 aliphatic heterocycles. The van der Waals surface area contributed by atoms with Gasteiger partial charge in [0, 0.05) is 11.1 Å². The highest BCUT2D eigenvalue weighted by molar-refractivity contribution is 6.30. The fourth-order valence-corrected chi connectivity index (χ4v) is 2.03. The van der Waals surface area contributed by atoms with E-state index in [0.29, 0.717) is 11.6 Å². The minimum Gasteiger partial charge on any atom is -0.467 e. The molecule has 1 aromatic carbocycles. The number of nitrogens with two attached hydrogens (primary N) is 1. The lowest BCUT2D eigenvalue weighted by Gasteiger charge is -2.23. The third-order valence-electron chi connectivity index (χ3n) is 3.04. The van der Waals surface area contributed by atoms with Crippen molar-refractivity contribution in [1.82, 2.24) is 0 Å². The summed E-state index contributed by atoms with van der Waals surface area (Å²) in [5.41, 5.74) is 7.17. The lowest BCUT2D eigenvalue weighted by atomic mass is 10.0. The molecule has 0 amide bonds. The molecular weight excluding hydrogens is 262 g/mol. The van der Waals surface area contributed by atoms with Crippen molar-refractivity contribution in [2.45, 2.75) is 32.1 Å². The summed E-state index contributed by atoms with van der Waals surface area (Å²) in [5, 5.41) is 0.707. The summed E-state index contributed by atoms with van der Waals surface area (Å²) in [7, 11) is 0. The van der Waals surface area contributed by atoms with Crippen molar-refractivity contribution in [2.75, 3.05) is 0 Å². The van der Waals surface area contributed by atoms with E-state index in [0.717, 1.165) is 17.7 Å². The molecule has 2 unspecified atom stereocenters. The average molecular weight is 280 g/mol. The zero-order valence-electron chi connectivity index (χ0n) is 10.9. The molecule has 2 aromatic rings. The molecule has 0 aliphatic carbocycles. The first-order chi connectivity index (χ1) is 9.20. The molecule has 2 rings (SSSR count). The van der Waals surface area contributed by atoms with E-state index in [-0.39, 0.29) is 12.1 Å². The minimum absolute atomic E-state index is 0.0591. The highest BCUT2D eigenvalue weighted by atomic mass is 35.5. The summed E-state index contributed by atoms with van der Waals surface area (Å²) in [6, 6.07) is 11.3. The van der Waals surface area contributed by atoms with Crippen molar-refractivity contribution in [3.05, 3.63) is 59.0 Å². The van der Waals surface area contributed by atoms with Gasteiger partial charge in [-0.05, 0) is 36.2 Å². The Morgan fingerprint density at radius 3 is 2.58 bits per heavy atom. The highest BCUT2D eigenvalue weighted by Crippen LogP contribution is 2.25. The molecular formula is C15H18ClNO2. The lowest BCUT2D eigenvalue weighted by molar-refractivity contribution is 0.0126. The molecule has 2 N–H and O–H groups in total. The van der Waals surface area contributed by atoms with E-state index in [2.05, 4.69) is 0 Å². The number of benzene rings is 1. The van der Waals surface area contributed by atoms with Crippen LogP contribution < -0.4 is 5.73 Å². The normalized spacial score (nSPS) is 14.3. The maximum atomic E-state index is 6.14. The number of rotatable bonds is 6. The van der Waals surface area contributed by atoms with Gasteiger partial charge in [0.2, 0.25) is 0 Å². The fourth-order valence-electron chi connectivity index (χ4n) is 1.90. The third kappa shape index (κ3) is 3.83. The van der Waals surface area contributed by atoms with Gasteiger partial charge < -0.3 is 14.9 Å². The third-order valence-corrected chi connectivity index (χ3v) is 3.30. The van der Waals surface area contributed by atoms with Crippen molar-refractivity contribution in [1.29, 1.82) is 0 Å². The van der Waals surface area contributed by atoms with E-state index in [1.54, 1.807) is 6.26 Å². The molecule has 1 heterocycles. The van der Waals surface area contributed by atoms with E-state index in [1.165, 1.54) is 0 Å². The molecule has 2 atom stereocenters. The molecule has 1 aromatic heterocycles. The smallest absolute Gasteiger partial charge is 0.129 e. The Hall–Kier alpha value is -1.29. The van der Waals surface area contributed by atoms with Gasteiger partial charge in [0.25, 0.3) is 0 Å². The van der Waals surface area contributed by atoms with Crippen LogP contribution >= 0.6 is 11.6 Å². The monoisotopic (exact) mass is 279 g/mol. The summed E-state index contributed by atoms with van der Waals surface area (Å²) in [5.74, 6) is 0.794. The van der Waals surface area contributed by atoms with Gasteiger partial charge in [0.1, 0.15) is 12.4 Å². The molecule has 19 heavy (non-hydrogen) atoms. The van der Waals surface area contributed by atoms with Crippen LogP contribution in [0.25, 0.3) is 0 Å². The predicted molar refractivity (Wildman–Crippen MR) is 76.0 cm³/mol. The van der Waals surface area contributed by atoms with Gasteiger partial charge in [-0.3, -0.25) is 0 Å². The van der Waals surface area contributed by atoms with E-state index in [1.807, 2.05) is 43.3 Å². The lowest BCUT2D eigenvalue weighted by Crippen LogP contribution is -2.29. The number of halogens is 1. The number of ether oxygens (including phenoxy) is 1. The number of hydrogen-bond acceptors (Lipinski definition) is 3. The standard InChI is InChI=1S/C15H18ClNO2/c1-2-14(17)15(11-5-7-12(16)8-6-11)19-10-13-4-3-9-18-13/h3-9,14-15H,2,10,17H2,1H3. The number of hydrogen-bond donors (Lipinski definition) is 1. The topological polar surface area (TPSA) is 48.4 Å². The molecule has 0 spiro atoms. The summed E-state index contributed by atoms with van der Waals surface area (Å²) in [6.45, 7) is 2.46. The van der Waals surface area contributed by atoms with Crippen molar-refractivity contribution in [3.63, 3.8) is 0 Å². The van der Waals surface area contributed by atoms with E-state index in [9.17, 15) is 0 Å². The minimum atomic E-state index is -0.160. The van der Waals surface area contributed by atoms with Crippen LogP contribution in [0.3, 0.4) is 0 Å². The Morgan fingerprint density at radius 2 is 2.00 bits per heavy atom. The van der Waals surface area contributed by atoms with E-state index in [4.69, 9.17) is 26.5 Å². The molecule has 0 saturated heterocycles. The van der Waals surface area contributed by atoms with Crippen molar-refractivity contribution < 1.29 is 9.15 Å². The van der Waals surface area contributed by atoms with Crippen LogP contribution in [0.4, 0.5) is 0 Å². The molecule has 0 bridgehead atoms. The van der Waals surface area contributed by atoms with Crippen LogP contribution in [-0.2, 0) is 11.3 Å². The van der Waals surface area contributed by atoms with Crippen LogP contribution in [-0.4, -0.2) is 6.04 Å². The van der Waals surface area contributed by atoms with Crippen LogP contribution in [0.5, 0.6) is 0 Å². The first-order valence-electron chi connectivity index (χ1n) is 6.35. The number of furan rings is 1. The van der Waals surface area contributed by atoms with Gasteiger partial charge in [0.15, 0.2) is 0 Å². The molecule has 102 valence electrons. The van der Waals surface area contributed by atoms with Gasteiger partial charge in [0.05, 0.1) is 12.4 Å². The maximum Gasteiger partial charge on any atom is 0.129 e. The zero-order valence-corrected chi connectivity index (χ0v) is 11.6. The SMILES string of the molecule is CCC(N)C(OCc1ccco1)c1ccc(Cl)cc1. The molecule has 0 aliphatic rings. The maximum absolute atomic E-state index is 6.14. The van der Waals surface area contributed by atoms with Crippen LogP contribution in [0, 0.1) is 0 Å². The molecule has 0 fully saturated rings. The van der Waals surface area contributed by atoms with Gasteiger partial charge in [-0.1, -0.05) is 30.7 Å². The van der Waals surface area contributed by atoms with Crippen molar-refractivity contribution in [3.8, 4) is 0 Å². The van der Waals surface area contributed by atoms with E-state index >= 15 is 0 Å². The average Bonchev–Trinajstić information content (AvgIpc) is 2.93. The van der Waals surface area contributed by atoms with Crippen molar-refractivity contribution >= 4 is 11.6 Å². The first kappa shape index (κ1) is 14.1. The Bertz CT molecular complexity index is 481. The van der Waals surface area contributed by atoms with Crippen LogP contribution in [0.15, 0.2) is 47.1 Å². The largest absolute Gasteiger partial charge is 0.467 e. The zero-order chi connectivity index (χ0) is 13.7. The summed E-state index contributed by atoms with van der Waals surface area (Å²) in [6.07, 6.45) is 2.31. The second kappa shape index (κ2) is 6.75. The fraction of sp³-hybridized carbons (Fsp3) is 0.333. The second-order valence-corrected chi connectivity index (χ2v) is 4.87. The Morgan fingerprint density at radius 1 is 1.26 bits per heavy atom. The van der Waals surface area contributed by atoms with Gasteiger partial charge in [-0.25, -0.2) is 0 Å². The summed E-state index contributed by atoms with van der Waals surface area (Å²) in [4.78, 5) is 0. The van der Waals surface area contributed by atoms with Crippen molar-refractivity contribution in [2.24, 2.45) is 5.73 Å². The van der Waals surface area contributed by atoms with Crippen LogP contribution in [0.1, 0.15) is 30.8 Å². The summed E-state index contributed by atoms with van der Waals surface area (Å²) < 4.78 is 11.2. The van der Waals surface area contributed by atoms with Gasteiger partial charge >= 0.3 is 0 Å². The predicted octanol–water partition coefficient (Wildman–Crippen LogP) is 3.93. The molecule has 0 saturated carbocycles. The second-order valence-electron chi connectivity index (χ2n) is 4.43. The molecule has 4 heteroatoms. The van der Waals surface area contributed by atoms with Gasteiger partial charge in [-0.2, -0.15) is 0 Å². The first-order valence-corrected chi connectivity index (χ1v) is 6.73. The van der Waals surface area contributed by atoms with Gasteiger partial charge in [-0.15, -0.1) is 0 Å². The Labute approximate surface area is 118 Å². The quantitative estimate of drug-likeness (QED) is 0.871. The highest BCUT2D eigenvalue weighted by Gasteiger charge is 2.19. The van der Waals surface area contributed by atoms with Crippen LogP contribution in [0.2, 0.25) is 5.02 Å². The Kier molecular flexibility index (Phi) is 5.02. The van der Waals surface area contributed by atoms with E-state index < -0.39 is 0 Å². The summed E-state index contributed by atoms with van der Waals surface area (Å²) >= 11 is 5.90. The molecule has 3 nitrogen and oxygen atoms in total.